The van der Waals surface area contributed by atoms with E-state index in [0.29, 0.717) is 9.92 Å². The number of aromatic carboxylic acids is 1. The molecule has 0 aliphatic heterocycles. The molecular formula is C14H11ClO3S. The summed E-state index contributed by atoms with van der Waals surface area (Å²) in [5, 5.41) is 9.66. The summed E-state index contributed by atoms with van der Waals surface area (Å²) in [6.45, 7) is 0. The molecule has 3 nitrogen and oxygen atoms in total. The summed E-state index contributed by atoms with van der Waals surface area (Å²) in [6.07, 6.45) is 0. The van der Waals surface area contributed by atoms with Gasteiger partial charge in [-0.25, -0.2) is 4.79 Å². The molecule has 2 rings (SSSR count). The first kappa shape index (κ1) is 13.8. The number of methoxy groups -OCH3 is 1. The highest BCUT2D eigenvalue weighted by Gasteiger charge is 2.11. The zero-order valence-electron chi connectivity index (χ0n) is 10.1. The minimum absolute atomic E-state index is 0.241. The van der Waals surface area contributed by atoms with Gasteiger partial charge in [-0.05, 0) is 42.5 Å². The smallest absolute Gasteiger partial charge is 0.336 e. The molecule has 0 saturated carbocycles. The van der Waals surface area contributed by atoms with Crippen molar-refractivity contribution in [1.29, 1.82) is 0 Å². The van der Waals surface area contributed by atoms with E-state index in [1.54, 1.807) is 19.2 Å². The van der Waals surface area contributed by atoms with Crippen LogP contribution in [0.5, 0.6) is 5.75 Å². The van der Waals surface area contributed by atoms with E-state index in [0.717, 1.165) is 10.6 Å². The van der Waals surface area contributed by atoms with Crippen LogP contribution in [0.15, 0.2) is 52.3 Å². The standard InChI is InChI=1S/C14H11ClO3S/c1-18-10-3-5-11(6-4-10)19-13-8-9(15)2-7-12(13)14(16)17/h2-8H,1H3,(H,16,17). The largest absolute Gasteiger partial charge is 0.497 e. The van der Waals surface area contributed by atoms with Crippen molar-refractivity contribution in [2.45, 2.75) is 9.79 Å². The Bertz CT molecular complexity index is 596. The summed E-state index contributed by atoms with van der Waals surface area (Å²) < 4.78 is 5.08. The van der Waals surface area contributed by atoms with Gasteiger partial charge in [-0.2, -0.15) is 0 Å². The van der Waals surface area contributed by atoms with Crippen molar-refractivity contribution >= 4 is 29.3 Å². The summed E-state index contributed by atoms with van der Waals surface area (Å²) in [5.41, 5.74) is 0.241. The summed E-state index contributed by atoms with van der Waals surface area (Å²) in [7, 11) is 1.60. The molecule has 2 aromatic rings. The topological polar surface area (TPSA) is 46.5 Å². The van der Waals surface area contributed by atoms with Gasteiger partial charge in [-0.1, -0.05) is 23.4 Å². The number of benzene rings is 2. The van der Waals surface area contributed by atoms with Crippen LogP contribution in [0.4, 0.5) is 0 Å². The highest BCUT2D eigenvalue weighted by molar-refractivity contribution is 7.99. The highest BCUT2D eigenvalue weighted by Crippen LogP contribution is 2.33. The van der Waals surface area contributed by atoms with Gasteiger partial charge in [-0.3, -0.25) is 0 Å². The normalized spacial score (nSPS) is 10.2. The second-order valence-electron chi connectivity index (χ2n) is 3.72. The van der Waals surface area contributed by atoms with Gasteiger partial charge in [0.05, 0.1) is 12.7 Å². The highest BCUT2D eigenvalue weighted by atomic mass is 35.5. The van der Waals surface area contributed by atoms with Gasteiger partial charge in [0.25, 0.3) is 0 Å². The van der Waals surface area contributed by atoms with E-state index < -0.39 is 5.97 Å². The van der Waals surface area contributed by atoms with E-state index in [2.05, 4.69) is 0 Å². The fourth-order valence-corrected chi connectivity index (χ4v) is 2.74. The first-order valence-corrected chi connectivity index (χ1v) is 6.64. The lowest BCUT2D eigenvalue weighted by Crippen LogP contribution is -1.98. The van der Waals surface area contributed by atoms with Gasteiger partial charge in [0.1, 0.15) is 5.75 Å². The number of carboxylic acids is 1. The van der Waals surface area contributed by atoms with Crippen LogP contribution < -0.4 is 4.74 Å². The number of ether oxygens (including phenoxy) is 1. The second-order valence-corrected chi connectivity index (χ2v) is 5.28. The number of hydrogen-bond acceptors (Lipinski definition) is 3. The van der Waals surface area contributed by atoms with Gasteiger partial charge in [0, 0.05) is 14.8 Å². The summed E-state index contributed by atoms with van der Waals surface area (Å²) in [4.78, 5) is 12.7. The van der Waals surface area contributed by atoms with Crippen molar-refractivity contribution < 1.29 is 14.6 Å². The van der Waals surface area contributed by atoms with Crippen molar-refractivity contribution in [2.24, 2.45) is 0 Å². The number of halogens is 1. The van der Waals surface area contributed by atoms with Crippen molar-refractivity contribution in [1.82, 2.24) is 0 Å². The zero-order chi connectivity index (χ0) is 13.8. The number of carboxylic acid groups (broad SMARTS) is 1. The molecule has 0 radical (unpaired) electrons. The van der Waals surface area contributed by atoms with Crippen molar-refractivity contribution in [2.75, 3.05) is 7.11 Å². The number of carbonyl (C=O) groups is 1. The van der Waals surface area contributed by atoms with Crippen LogP contribution >= 0.6 is 23.4 Å². The molecule has 2 aromatic carbocycles. The van der Waals surface area contributed by atoms with Crippen LogP contribution in [0.1, 0.15) is 10.4 Å². The number of hydrogen-bond donors (Lipinski definition) is 1. The Hall–Kier alpha value is -1.65. The molecule has 0 saturated heterocycles. The lowest BCUT2D eigenvalue weighted by Gasteiger charge is -2.07. The quantitative estimate of drug-likeness (QED) is 0.918. The van der Waals surface area contributed by atoms with Crippen LogP contribution in [0.2, 0.25) is 5.02 Å². The molecule has 0 unspecified atom stereocenters. The zero-order valence-corrected chi connectivity index (χ0v) is 11.7. The minimum Gasteiger partial charge on any atom is -0.497 e. The Morgan fingerprint density at radius 3 is 2.47 bits per heavy atom. The Kier molecular flexibility index (Phi) is 4.35. The third-order valence-electron chi connectivity index (χ3n) is 2.46. The molecule has 0 spiro atoms. The van der Waals surface area contributed by atoms with Crippen LogP contribution in [-0.2, 0) is 0 Å². The Labute approximate surface area is 120 Å². The second kappa shape index (κ2) is 5.99. The molecule has 0 fully saturated rings. The van der Waals surface area contributed by atoms with E-state index in [1.807, 2.05) is 24.3 Å². The SMILES string of the molecule is COc1ccc(Sc2cc(Cl)ccc2C(=O)O)cc1. The Morgan fingerprint density at radius 1 is 1.21 bits per heavy atom. The minimum atomic E-state index is -0.965. The van der Waals surface area contributed by atoms with Crippen LogP contribution in [0.25, 0.3) is 0 Å². The average molecular weight is 295 g/mol. The molecule has 5 heteroatoms. The molecule has 0 heterocycles. The maximum Gasteiger partial charge on any atom is 0.336 e. The Morgan fingerprint density at radius 2 is 1.89 bits per heavy atom. The van der Waals surface area contributed by atoms with Gasteiger partial charge in [0.2, 0.25) is 0 Å². The maximum atomic E-state index is 11.1. The van der Waals surface area contributed by atoms with Crippen LogP contribution in [-0.4, -0.2) is 18.2 Å². The fourth-order valence-electron chi connectivity index (χ4n) is 1.53. The molecule has 0 amide bonds. The van der Waals surface area contributed by atoms with E-state index >= 15 is 0 Å². The summed E-state index contributed by atoms with van der Waals surface area (Å²) >= 11 is 7.26. The van der Waals surface area contributed by atoms with Gasteiger partial charge in [0.15, 0.2) is 0 Å². The lowest BCUT2D eigenvalue weighted by molar-refractivity contribution is 0.0693. The maximum absolute atomic E-state index is 11.1. The number of rotatable bonds is 4. The first-order chi connectivity index (χ1) is 9.10. The van der Waals surface area contributed by atoms with Crippen LogP contribution in [0, 0.1) is 0 Å². The molecular weight excluding hydrogens is 284 g/mol. The van der Waals surface area contributed by atoms with Gasteiger partial charge >= 0.3 is 5.97 Å². The third-order valence-corrected chi connectivity index (χ3v) is 3.76. The monoisotopic (exact) mass is 294 g/mol. The molecule has 0 aromatic heterocycles. The molecule has 98 valence electrons. The van der Waals surface area contributed by atoms with E-state index in [-0.39, 0.29) is 5.56 Å². The fraction of sp³-hybridized carbons (Fsp3) is 0.0714. The predicted octanol–water partition coefficient (Wildman–Crippen LogP) is 4.20. The molecule has 0 aliphatic rings. The van der Waals surface area contributed by atoms with E-state index in [9.17, 15) is 4.79 Å². The van der Waals surface area contributed by atoms with Gasteiger partial charge < -0.3 is 9.84 Å². The van der Waals surface area contributed by atoms with Gasteiger partial charge in [-0.15, -0.1) is 0 Å². The Balaban J connectivity index is 2.31. The molecule has 1 N–H and O–H groups in total. The summed E-state index contributed by atoms with van der Waals surface area (Å²) in [5.74, 6) is -0.207. The lowest BCUT2D eigenvalue weighted by atomic mass is 10.2. The van der Waals surface area contributed by atoms with Crippen molar-refractivity contribution in [3.05, 3.63) is 53.1 Å². The summed E-state index contributed by atoms with van der Waals surface area (Å²) in [6, 6.07) is 12.1. The molecule has 19 heavy (non-hydrogen) atoms. The average Bonchev–Trinajstić information content (AvgIpc) is 2.39. The van der Waals surface area contributed by atoms with Crippen molar-refractivity contribution in [3.8, 4) is 5.75 Å². The predicted molar refractivity (Wildman–Crippen MR) is 75.5 cm³/mol. The van der Waals surface area contributed by atoms with E-state index in [1.165, 1.54) is 17.8 Å². The van der Waals surface area contributed by atoms with Crippen molar-refractivity contribution in [3.63, 3.8) is 0 Å². The third kappa shape index (κ3) is 3.43. The molecule has 0 aliphatic carbocycles. The van der Waals surface area contributed by atoms with Crippen LogP contribution in [0.3, 0.4) is 0 Å². The van der Waals surface area contributed by atoms with E-state index in [4.69, 9.17) is 21.4 Å². The molecule has 0 bridgehead atoms. The first-order valence-electron chi connectivity index (χ1n) is 5.45. The molecule has 0 atom stereocenters.